The van der Waals surface area contributed by atoms with Crippen molar-refractivity contribution in [3.8, 4) is 0 Å². The van der Waals surface area contributed by atoms with Crippen molar-refractivity contribution in [1.82, 2.24) is 9.47 Å². The minimum Gasteiger partial charge on any atom is -0.464 e. The molecule has 0 N–H and O–H groups in total. The van der Waals surface area contributed by atoms with E-state index in [1.807, 2.05) is 26.8 Å². The van der Waals surface area contributed by atoms with Crippen LogP contribution >= 0.6 is 0 Å². The highest BCUT2D eigenvalue weighted by atomic mass is 16.6. The third kappa shape index (κ3) is 3.66. The van der Waals surface area contributed by atoms with E-state index in [1.54, 1.807) is 17.2 Å². The molecule has 10 heteroatoms. The third-order valence-electron chi connectivity index (χ3n) is 8.26. The van der Waals surface area contributed by atoms with Crippen molar-refractivity contribution in [1.29, 1.82) is 0 Å². The minimum absolute atomic E-state index is 0.0426. The van der Waals surface area contributed by atoms with Crippen molar-refractivity contribution in [2.45, 2.75) is 52.5 Å². The molecule has 196 valence electrons. The van der Waals surface area contributed by atoms with Crippen LogP contribution in [0.1, 0.15) is 46.7 Å². The Hall–Kier alpha value is -4.21. The number of piperidine rings is 1. The smallest absolute Gasteiger partial charge is 0.339 e. The van der Waals surface area contributed by atoms with Gasteiger partial charge in [-0.15, -0.1) is 0 Å². The lowest BCUT2D eigenvalue weighted by molar-refractivity contribution is -0.386. The van der Waals surface area contributed by atoms with Gasteiger partial charge in [0.1, 0.15) is 11.2 Å². The number of rotatable bonds is 4. The van der Waals surface area contributed by atoms with Gasteiger partial charge in [0, 0.05) is 65.6 Å². The van der Waals surface area contributed by atoms with Gasteiger partial charge in [-0.2, -0.15) is 0 Å². The Balaban J connectivity index is 1.24. The van der Waals surface area contributed by atoms with Crippen LogP contribution in [-0.4, -0.2) is 33.4 Å². The molecule has 5 heterocycles. The van der Waals surface area contributed by atoms with Crippen LogP contribution in [0.3, 0.4) is 0 Å². The van der Waals surface area contributed by atoms with Gasteiger partial charge < -0.3 is 18.3 Å². The van der Waals surface area contributed by atoms with Crippen LogP contribution in [0.15, 0.2) is 42.9 Å². The maximum Gasteiger partial charge on any atom is 0.339 e. The molecular formula is C28H27N3O7. The normalized spacial score (nSPS) is 18.7. The number of pyridine rings is 1. The number of furan rings is 1. The van der Waals surface area contributed by atoms with Gasteiger partial charge in [0.15, 0.2) is 0 Å². The zero-order valence-electron chi connectivity index (χ0n) is 21.4. The zero-order valence-corrected chi connectivity index (χ0v) is 21.4. The van der Waals surface area contributed by atoms with Crippen molar-refractivity contribution in [2.75, 3.05) is 13.1 Å². The Kier molecular flexibility index (Phi) is 5.51. The number of amides is 1. The fraction of sp³-hybridized carbons (Fsp3) is 0.393. The number of likely N-dealkylation sites (tertiary alicyclic amines) is 1. The van der Waals surface area contributed by atoms with Gasteiger partial charge in [-0.05, 0) is 62.8 Å². The fourth-order valence-corrected chi connectivity index (χ4v) is 6.27. The van der Waals surface area contributed by atoms with E-state index in [0.29, 0.717) is 36.4 Å². The molecule has 10 nitrogen and oxygen atoms in total. The molecule has 3 aromatic heterocycles. The Morgan fingerprint density at radius 3 is 2.63 bits per heavy atom. The molecule has 1 fully saturated rings. The van der Waals surface area contributed by atoms with E-state index in [1.165, 1.54) is 10.6 Å². The molecule has 0 aliphatic carbocycles. The van der Waals surface area contributed by atoms with Gasteiger partial charge in [0.2, 0.25) is 5.91 Å². The molecule has 1 amide bonds. The van der Waals surface area contributed by atoms with Crippen molar-refractivity contribution in [3.05, 3.63) is 83.3 Å². The van der Waals surface area contributed by atoms with Crippen molar-refractivity contribution in [2.24, 2.45) is 5.92 Å². The van der Waals surface area contributed by atoms with E-state index in [2.05, 4.69) is 0 Å². The predicted octanol–water partition coefficient (Wildman–Crippen LogP) is 4.11. The number of aromatic nitrogens is 1. The molecule has 2 bridgehead atoms. The second kappa shape index (κ2) is 8.68. The van der Waals surface area contributed by atoms with Gasteiger partial charge in [0.05, 0.1) is 11.2 Å². The number of nitrogens with zero attached hydrogens (tertiary/aromatic N) is 3. The topological polar surface area (TPSA) is 129 Å². The average Bonchev–Trinajstić information content (AvgIpc) is 3.25. The van der Waals surface area contributed by atoms with Crippen LogP contribution < -0.4 is 11.2 Å². The molecule has 38 heavy (non-hydrogen) atoms. The number of carbonyl (C=O) groups is 1. The van der Waals surface area contributed by atoms with Crippen LogP contribution in [0.2, 0.25) is 0 Å². The number of hydrogen-bond acceptors (Lipinski definition) is 7. The van der Waals surface area contributed by atoms with E-state index in [9.17, 15) is 24.5 Å². The summed E-state index contributed by atoms with van der Waals surface area (Å²) in [4.78, 5) is 51.2. The van der Waals surface area contributed by atoms with Crippen molar-refractivity contribution >= 4 is 33.5 Å². The Morgan fingerprint density at radius 2 is 1.87 bits per heavy atom. The minimum atomic E-state index is -0.651. The summed E-state index contributed by atoms with van der Waals surface area (Å²) in [5.74, 6) is -0.0782. The average molecular weight is 518 g/mol. The Morgan fingerprint density at radius 1 is 1.08 bits per heavy atom. The van der Waals surface area contributed by atoms with Crippen molar-refractivity contribution < 1.29 is 18.6 Å². The van der Waals surface area contributed by atoms with Gasteiger partial charge in [0.25, 0.3) is 0 Å². The second-order valence-corrected chi connectivity index (χ2v) is 10.6. The van der Waals surface area contributed by atoms with Crippen LogP contribution in [0.5, 0.6) is 0 Å². The maximum atomic E-state index is 13.3. The zero-order chi connectivity index (χ0) is 26.9. The summed E-state index contributed by atoms with van der Waals surface area (Å²) < 4.78 is 12.9. The third-order valence-corrected chi connectivity index (χ3v) is 8.26. The van der Waals surface area contributed by atoms with Crippen LogP contribution in [0.4, 0.5) is 5.69 Å². The largest absolute Gasteiger partial charge is 0.464 e. The predicted molar refractivity (Wildman–Crippen MR) is 140 cm³/mol. The van der Waals surface area contributed by atoms with E-state index >= 15 is 0 Å². The molecular weight excluding hydrogens is 490 g/mol. The molecule has 0 spiro atoms. The Bertz CT molecular complexity index is 1780. The van der Waals surface area contributed by atoms with E-state index in [4.69, 9.17) is 8.83 Å². The van der Waals surface area contributed by atoms with Gasteiger partial charge in [-0.1, -0.05) is 0 Å². The van der Waals surface area contributed by atoms with Gasteiger partial charge in [-0.3, -0.25) is 19.7 Å². The molecule has 1 aromatic carbocycles. The first-order valence-electron chi connectivity index (χ1n) is 12.7. The summed E-state index contributed by atoms with van der Waals surface area (Å²) in [6, 6.07) is 4.88. The summed E-state index contributed by atoms with van der Waals surface area (Å²) in [5, 5.41) is 13.0. The lowest BCUT2D eigenvalue weighted by atomic mass is 9.83. The van der Waals surface area contributed by atoms with Gasteiger partial charge in [-0.25, -0.2) is 4.79 Å². The fourth-order valence-electron chi connectivity index (χ4n) is 6.27. The van der Waals surface area contributed by atoms with Gasteiger partial charge >= 0.3 is 16.9 Å². The van der Waals surface area contributed by atoms with E-state index < -0.39 is 21.8 Å². The molecule has 0 unspecified atom stereocenters. The summed E-state index contributed by atoms with van der Waals surface area (Å²) >= 11 is 0. The highest BCUT2D eigenvalue weighted by Gasteiger charge is 2.37. The number of benzene rings is 1. The highest BCUT2D eigenvalue weighted by molar-refractivity contribution is 5.99. The number of fused-ring (bicyclic) bond motifs is 6. The molecule has 2 atom stereocenters. The van der Waals surface area contributed by atoms with Crippen LogP contribution in [0.25, 0.3) is 21.9 Å². The summed E-state index contributed by atoms with van der Waals surface area (Å²) in [7, 11) is 0. The first-order valence-corrected chi connectivity index (χ1v) is 12.7. The summed E-state index contributed by atoms with van der Waals surface area (Å²) in [6.45, 7) is 7.00. The summed E-state index contributed by atoms with van der Waals surface area (Å²) in [5.41, 5.74) is 3.56. The van der Waals surface area contributed by atoms with Crippen LogP contribution in [0, 0.1) is 36.8 Å². The SMILES string of the molecule is Cc1coc2c(C)c3oc(=O)c(CCC(=O)N4C[C@H]5C[C@@H](C4)c4ccc([N+](=O)[O-])c(=O)n4C5)c(C)c3cc12. The summed E-state index contributed by atoms with van der Waals surface area (Å²) in [6.07, 6.45) is 2.94. The number of hydrogen-bond donors (Lipinski definition) is 0. The molecule has 4 aromatic rings. The number of carbonyl (C=O) groups excluding carboxylic acids is 1. The van der Waals surface area contributed by atoms with Crippen LogP contribution in [-0.2, 0) is 17.8 Å². The number of nitro groups is 1. The molecule has 0 saturated carbocycles. The van der Waals surface area contributed by atoms with E-state index in [0.717, 1.165) is 39.6 Å². The Labute approximate surface area is 216 Å². The molecule has 6 rings (SSSR count). The first-order chi connectivity index (χ1) is 18.1. The van der Waals surface area contributed by atoms with Crippen molar-refractivity contribution in [3.63, 3.8) is 0 Å². The second-order valence-electron chi connectivity index (χ2n) is 10.6. The standard InChI is InChI=1S/C28H27N3O7/c1-14-13-37-25-16(3)26-21(9-20(14)25)15(2)19(28(34)38-26)4-7-24(32)29-10-17-8-18(12-29)22-5-6-23(31(35)36)27(33)30(22)11-17/h5-6,9,13,17-18H,4,7-8,10-12H2,1-3H3/t17-,18+/m1/s1. The molecule has 1 saturated heterocycles. The lowest BCUT2D eigenvalue weighted by Crippen LogP contribution is -2.49. The first kappa shape index (κ1) is 24.1. The lowest BCUT2D eigenvalue weighted by Gasteiger charge is -2.42. The van der Waals surface area contributed by atoms with E-state index in [-0.39, 0.29) is 30.6 Å². The maximum absolute atomic E-state index is 13.3. The molecule has 0 radical (unpaired) electrons. The highest BCUT2D eigenvalue weighted by Crippen LogP contribution is 2.36. The number of aryl methyl sites for hydroxylation is 3. The molecule has 2 aliphatic heterocycles. The monoisotopic (exact) mass is 517 g/mol. The quantitative estimate of drug-likeness (QED) is 0.226. The molecule has 2 aliphatic rings.